The molecular weight excluding hydrogens is 246 g/mol. The van der Waals surface area contributed by atoms with Crippen molar-refractivity contribution in [3.05, 3.63) is 29.5 Å². The summed E-state index contributed by atoms with van der Waals surface area (Å²) in [5.41, 5.74) is 1.98. The molecule has 1 aromatic carbocycles. The molecule has 0 unspecified atom stereocenters. The number of ether oxygens (including phenoxy) is 1. The van der Waals surface area contributed by atoms with Crippen LogP contribution in [0, 0.1) is 6.92 Å². The first-order valence-corrected chi connectivity index (χ1v) is 5.90. The van der Waals surface area contributed by atoms with Crippen molar-refractivity contribution in [2.24, 2.45) is 0 Å². The fraction of sp³-hybridized carbons (Fsp3) is 0.308. The highest BCUT2D eigenvalue weighted by Crippen LogP contribution is 2.26. The molecular formula is C13H15N3O3. The second-order valence-corrected chi connectivity index (χ2v) is 4.08. The van der Waals surface area contributed by atoms with E-state index in [4.69, 9.17) is 9.84 Å². The van der Waals surface area contributed by atoms with Crippen LogP contribution in [-0.2, 0) is 6.54 Å². The lowest BCUT2D eigenvalue weighted by atomic mass is 10.1. The van der Waals surface area contributed by atoms with E-state index in [9.17, 15) is 4.79 Å². The van der Waals surface area contributed by atoms with E-state index in [1.807, 2.05) is 19.9 Å². The summed E-state index contributed by atoms with van der Waals surface area (Å²) in [7, 11) is 1.60. The van der Waals surface area contributed by atoms with E-state index < -0.39 is 5.97 Å². The molecule has 0 bridgehead atoms. The van der Waals surface area contributed by atoms with Crippen molar-refractivity contribution in [1.82, 2.24) is 15.0 Å². The predicted octanol–water partition coefficient (Wildman–Crippen LogP) is 1.98. The Morgan fingerprint density at radius 1 is 1.42 bits per heavy atom. The lowest BCUT2D eigenvalue weighted by molar-refractivity contribution is 0.0690. The zero-order valence-corrected chi connectivity index (χ0v) is 11.0. The summed E-state index contributed by atoms with van der Waals surface area (Å²) in [4.78, 5) is 12.6. The highest BCUT2D eigenvalue weighted by atomic mass is 16.5. The van der Waals surface area contributed by atoms with Crippen LogP contribution in [0.5, 0.6) is 5.75 Å². The van der Waals surface area contributed by atoms with Gasteiger partial charge in [0, 0.05) is 5.56 Å². The van der Waals surface area contributed by atoms with Crippen LogP contribution in [0.4, 0.5) is 0 Å². The fourth-order valence-electron chi connectivity index (χ4n) is 1.85. The first-order valence-electron chi connectivity index (χ1n) is 5.90. The smallest absolute Gasteiger partial charge is 0.358 e. The zero-order chi connectivity index (χ0) is 14.0. The molecule has 1 aromatic heterocycles. The van der Waals surface area contributed by atoms with Crippen LogP contribution < -0.4 is 4.74 Å². The van der Waals surface area contributed by atoms with Crippen molar-refractivity contribution in [1.29, 1.82) is 0 Å². The molecule has 0 radical (unpaired) electrons. The topological polar surface area (TPSA) is 77.2 Å². The van der Waals surface area contributed by atoms with Crippen LogP contribution >= 0.6 is 0 Å². The molecule has 1 heterocycles. The molecule has 2 rings (SSSR count). The van der Waals surface area contributed by atoms with Gasteiger partial charge in [-0.2, -0.15) is 9.90 Å². The summed E-state index contributed by atoms with van der Waals surface area (Å²) in [6, 6.07) is 5.42. The van der Waals surface area contributed by atoms with Gasteiger partial charge in [-0.25, -0.2) is 4.79 Å². The molecule has 0 saturated carbocycles. The number of rotatable bonds is 4. The molecule has 6 heteroatoms. The Kier molecular flexibility index (Phi) is 3.50. The van der Waals surface area contributed by atoms with E-state index >= 15 is 0 Å². The summed E-state index contributed by atoms with van der Waals surface area (Å²) in [5.74, 6) is -0.327. The minimum atomic E-state index is -1.08. The van der Waals surface area contributed by atoms with Gasteiger partial charge >= 0.3 is 5.97 Å². The number of benzene rings is 1. The number of methoxy groups -OCH3 is 1. The van der Waals surface area contributed by atoms with Crippen LogP contribution in [0.15, 0.2) is 18.2 Å². The molecule has 0 aliphatic heterocycles. The van der Waals surface area contributed by atoms with Gasteiger partial charge in [-0.1, -0.05) is 0 Å². The second kappa shape index (κ2) is 5.09. The number of hydrogen-bond donors (Lipinski definition) is 1. The van der Waals surface area contributed by atoms with Gasteiger partial charge in [0.25, 0.3) is 0 Å². The average molecular weight is 261 g/mol. The van der Waals surface area contributed by atoms with Crippen molar-refractivity contribution < 1.29 is 14.6 Å². The van der Waals surface area contributed by atoms with Gasteiger partial charge in [0.05, 0.1) is 13.7 Å². The Morgan fingerprint density at radius 2 is 2.16 bits per heavy atom. The summed E-state index contributed by atoms with van der Waals surface area (Å²) >= 11 is 0. The van der Waals surface area contributed by atoms with Crippen LogP contribution in [-0.4, -0.2) is 33.2 Å². The van der Waals surface area contributed by atoms with Crippen molar-refractivity contribution in [3.8, 4) is 17.0 Å². The maximum atomic E-state index is 11.2. The maximum Gasteiger partial charge on any atom is 0.358 e. The Hall–Kier alpha value is -2.37. The summed E-state index contributed by atoms with van der Waals surface area (Å²) in [5, 5.41) is 17.3. The first-order chi connectivity index (χ1) is 9.06. The molecule has 6 nitrogen and oxygen atoms in total. The Balaban J connectivity index is 2.54. The Labute approximate surface area is 110 Å². The van der Waals surface area contributed by atoms with Gasteiger partial charge in [-0.05, 0) is 37.6 Å². The third kappa shape index (κ3) is 2.42. The number of nitrogens with zero attached hydrogens (tertiary/aromatic N) is 3. The molecule has 0 atom stereocenters. The van der Waals surface area contributed by atoms with E-state index in [-0.39, 0.29) is 5.69 Å². The lowest BCUT2D eigenvalue weighted by Crippen LogP contribution is -2.02. The number of aryl methyl sites for hydroxylation is 2. The van der Waals surface area contributed by atoms with Crippen LogP contribution in [0.2, 0.25) is 0 Å². The van der Waals surface area contributed by atoms with Gasteiger partial charge in [0.15, 0.2) is 5.69 Å². The largest absolute Gasteiger partial charge is 0.496 e. The maximum absolute atomic E-state index is 11.2. The zero-order valence-electron chi connectivity index (χ0n) is 11.0. The normalized spacial score (nSPS) is 10.5. The molecule has 0 saturated heterocycles. The number of carboxylic acid groups (broad SMARTS) is 1. The average Bonchev–Trinajstić information content (AvgIpc) is 2.83. The van der Waals surface area contributed by atoms with Crippen molar-refractivity contribution in [2.45, 2.75) is 20.4 Å². The molecule has 1 N–H and O–H groups in total. The number of carbonyl (C=O) groups is 1. The number of aromatic nitrogens is 3. The van der Waals surface area contributed by atoms with E-state index in [2.05, 4.69) is 10.2 Å². The van der Waals surface area contributed by atoms with E-state index in [0.29, 0.717) is 12.2 Å². The molecule has 19 heavy (non-hydrogen) atoms. The molecule has 0 spiro atoms. The standard InChI is InChI=1S/C13H15N3O3/c1-4-16-14-11(12(15-16)13(17)18)9-5-6-10(19-3)8(2)7-9/h5-7H,4H2,1-3H3,(H,17,18). The van der Waals surface area contributed by atoms with Gasteiger partial charge in [-0.15, -0.1) is 5.10 Å². The molecule has 0 fully saturated rings. The molecule has 0 aliphatic rings. The quantitative estimate of drug-likeness (QED) is 0.910. The van der Waals surface area contributed by atoms with Gasteiger partial charge in [-0.3, -0.25) is 0 Å². The number of aromatic carboxylic acids is 1. The monoisotopic (exact) mass is 261 g/mol. The molecule has 0 aliphatic carbocycles. The minimum Gasteiger partial charge on any atom is -0.496 e. The third-order valence-corrected chi connectivity index (χ3v) is 2.81. The predicted molar refractivity (Wildman–Crippen MR) is 69.4 cm³/mol. The lowest BCUT2D eigenvalue weighted by Gasteiger charge is -2.05. The van der Waals surface area contributed by atoms with Crippen molar-refractivity contribution in [2.75, 3.05) is 7.11 Å². The van der Waals surface area contributed by atoms with Gasteiger partial charge < -0.3 is 9.84 Å². The first kappa shape index (κ1) is 13.1. The third-order valence-electron chi connectivity index (χ3n) is 2.81. The van der Waals surface area contributed by atoms with Crippen LogP contribution in [0.1, 0.15) is 23.0 Å². The summed E-state index contributed by atoms with van der Waals surface area (Å²) in [6.45, 7) is 4.27. The Bertz CT molecular complexity index is 620. The fourth-order valence-corrected chi connectivity index (χ4v) is 1.85. The molecule has 100 valence electrons. The van der Waals surface area contributed by atoms with E-state index in [1.54, 1.807) is 19.2 Å². The van der Waals surface area contributed by atoms with E-state index in [1.165, 1.54) is 4.80 Å². The highest BCUT2D eigenvalue weighted by Gasteiger charge is 2.19. The Morgan fingerprint density at radius 3 is 2.68 bits per heavy atom. The highest BCUT2D eigenvalue weighted by molar-refractivity contribution is 5.92. The second-order valence-electron chi connectivity index (χ2n) is 4.08. The van der Waals surface area contributed by atoms with Gasteiger partial charge in [0.2, 0.25) is 0 Å². The van der Waals surface area contributed by atoms with Gasteiger partial charge in [0.1, 0.15) is 11.4 Å². The van der Waals surface area contributed by atoms with E-state index in [0.717, 1.165) is 16.9 Å². The van der Waals surface area contributed by atoms with Crippen LogP contribution in [0.25, 0.3) is 11.3 Å². The minimum absolute atomic E-state index is 0.0357. The molecule has 0 amide bonds. The van der Waals surface area contributed by atoms with Crippen LogP contribution in [0.3, 0.4) is 0 Å². The van der Waals surface area contributed by atoms with Crippen molar-refractivity contribution >= 4 is 5.97 Å². The SMILES string of the molecule is CCn1nc(C(=O)O)c(-c2ccc(OC)c(C)c2)n1. The van der Waals surface area contributed by atoms with Crippen molar-refractivity contribution in [3.63, 3.8) is 0 Å². The number of hydrogen-bond acceptors (Lipinski definition) is 4. The summed E-state index contributed by atoms with van der Waals surface area (Å²) in [6.07, 6.45) is 0. The molecule has 2 aromatic rings. The number of carboxylic acids is 1. The summed E-state index contributed by atoms with van der Waals surface area (Å²) < 4.78 is 5.18.